The van der Waals surface area contributed by atoms with Crippen LogP contribution in [0.1, 0.15) is 37.7 Å². The summed E-state index contributed by atoms with van der Waals surface area (Å²) in [5.74, 6) is 0.581. The Labute approximate surface area is 155 Å². The van der Waals surface area contributed by atoms with Crippen LogP contribution in [0.5, 0.6) is 0 Å². The normalized spacial score (nSPS) is 24.5. The number of amides is 2. The van der Waals surface area contributed by atoms with Crippen LogP contribution in [0.25, 0.3) is 0 Å². The van der Waals surface area contributed by atoms with E-state index >= 15 is 0 Å². The molecule has 2 amide bonds. The van der Waals surface area contributed by atoms with E-state index in [2.05, 4.69) is 16.0 Å². The van der Waals surface area contributed by atoms with E-state index in [1.54, 1.807) is 6.20 Å². The molecule has 1 atom stereocenters. The van der Waals surface area contributed by atoms with Gasteiger partial charge in [0.15, 0.2) is 0 Å². The van der Waals surface area contributed by atoms with Gasteiger partial charge in [-0.25, -0.2) is 0 Å². The van der Waals surface area contributed by atoms with Gasteiger partial charge in [-0.05, 0) is 43.7 Å². The predicted molar refractivity (Wildman–Crippen MR) is 98.2 cm³/mol. The first-order chi connectivity index (χ1) is 12.7. The smallest absolute Gasteiger partial charge is 0.245 e. The fourth-order valence-corrected chi connectivity index (χ4v) is 4.10. The van der Waals surface area contributed by atoms with E-state index in [1.165, 1.54) is 5.56 Å². The van der Waals surface area contributed by atoms with Gasteiger partial charge >= 0.3 is 0 Å². The maximum Gasteiger partial charge on any atom is 0.245 e. The summed E-state index contributed by atoms with van der Waals surface area (Å²) in [5, 5.41) is 0. The quantitative estimate of drug-likeness (QED) is 0.821. The standard InChI is InChI=1S/C20H28N4O2/c25-19(17-6-7-17)24-9-2-1-5-18(24)20(26)23-12-10-22(11-13-23)15-16-4-3-8-21-14-16/h3-4,8,14,17-18H,1-2,5-7,9-13,15H2. The highest BCUT2D eigenvalue weighted by molar-refractivity contribution is 5.89. The van der Waals surface area contributed by atoms with Gasteiger partial charge in [-0.1, -0.05) is 6.07 Å². The lowest BCUT2D eigenvalue weighted by atomic mass is 9.99. The first-order valence-corrected chi connectivity index (χ1v) is 9.93. The molecule has 1 aromatic heterocycles. The number of carbonyl (C=O) groups excluding carboxylic acids is 2. The number of piperidine rings is 1. The molecule has 1 unspecified atom stereocenters. The minimum Gasteiger partial charge on any atom is -0.338 e. The van der Waals surface area contributed by atoms with Crippen LogP contribution in [0.3, 0.4) is 0 Å². The van der Waals surface area contributed by atoms with Crippen molar-refractivity contribution in [1.29, 1.82) is 0 Å². The Morgan fingerprint density at radius 2 is 1.81 bits per heavy atom. The lowest BCUT2D eigenvalue weighted by molar-refractivity contribution is -0.149. The van der Waals surface area contributed by atoms with Gasteiger partial charge in [0, 0.05) is 57.6 Å². The second kappa shape index (κ2) is 7.74. The van der Waals surface area contributed by atoms with E-state index in [0.29, 0.717) is 0 Å². The fraction of sp³-hybridized carbons (Fsp3) is 0.650. The van der Waals surface area contributed by atoms with Crippen molar-refractivity contribution in [1.82, 2.24) is 19.7 Å². The van der Waals surface area contributed by atoms with Crippen molar-refractivity contribution in [2.24, 2.45) is 5.92 Å². The molecule has 0 bridgehead atoms. The van der Waals surface area contributed by atoms with Gasteiger partial charge in [-0.15, -0.1) is 0 Å². The number of hydrogen-bond donors (Lipinski definition) is 0. The second-order valence-electron chi connectivity index (χ2n) is 7.78. The Hall–Kier alpha value is -1.95. The van der Waals surface area contributed by atoms with E-state index in [-0.39, 0.29) is 23.8 Å². The van der Waals surface area contributed by atoms with E-state index in [1.807, 2.05) is 22.1 Å². The summed E-state index contributed by atoms with van der Waals surface area (Å²) < 4.78 is 0. The third-order valence-corrected chi connectivity index (χ3v) is 5.81. The number of pyridine rings is 1. The van der Waals surface area contributed by atoms with Gasteiger partial charge in [-0.2, -0.15) is 0 Å². The Bertz CT molecular complexity index is 638. The number of likely N-dealkylation sites (tertiary alicyclic amines) is 1. The van der Waals surface area contributed by atoms with Gasteiger partial charge in [0.1, 0.15) is 6.04 Å². The third-order valence-electron chi connectivity index (χ3n) is 5.81. The van der Waals surface area contributed by atoms with Crippen molar-refractivity contribution in [2.75, 3.05) is 32.7 Å². The average molecular weight is 356 g/mol. The molecule has 1 aliphatic carbocycles. The molecule has 4 rings (SSSR count). The SMILES string of the molecule is O=C(C1CCCCN1C(=O)C1CC1)N1CCN(Cc2cccnc2)CC1. The number of hydrogen-bond acceptors (Lipinski definition) is 4. The summed E-state index contributed by atoms with van der Waals surface area (Å²) >= 11 is 0. The average Bonchev–Trinajstić information content (AvgIpc) is 3.54. The maximum absolute atomic E-state index is 13.1. The topological polar surface area (TPSA) is 56.8 Å². The van der Waals surface area contributed by atoms with Gasteiger partial charge < -0.3 is 9.80 Å². The Morgan fingerprint density at radius 3 is 2.50 bits per heavy atom. The van der Waals surface area contributed by atoms with Crippen LogP contribution in [0.15, 0.2) is 24.5 Å². The molecule has 140 valence electrons. The van der Waals surface area contributed by atoms with Crippen LogP contribution in [0.2, 0.25) is 0 Å². The molecule has 6 heteroatoms. The lowest BCUT2D eigenvalue weighted by Gasteiger charge is -2.41. The van der Waals surface area contributed by atoms with Crippen LogP contribution in [-0.2, 0) is 16.1 Å². The monoisotopic (exact) mass is 356 g/mol. The minimum absolute atomic E-state index is 0.166. The molecule has 26 heavy (non-hydrogen) atoms. The number of carbonyl (C=O) groups is 2. The number of aromatic nitrogens is 1. The van der Waals surface area contributed by atoms with Gasteiger partial charge in [0.2, 0.25) is 11.8 Å². The molecule has 1 aromatic rings. The number of rotatable bonds is 4. The van der Waals surface area contributed by atoms with E-state index in [9.17, 15) is 9.59 Å². The molecule has 0 aromatic carbocycles. The summed E-state index contributed by atoms with van der Waals surface area (Å²) in [6.45, 7) is 4.90. The summed E-state index contributed by atoms with van der Waals surface area (Å²) in [6, 6.07) is 3.83. The minimum atomic E-state index is -0.221. The molecule has 3 aliphatic rings. The fourth-order valence-electron chi connectivity index (χ4n) is 4.10. The van der Waals surface area contributed by atoms with Crippen LogP contribution in [0, 0.1) is 5.92 Å². The summed E-state index contributed by atoms with van der Waals surface area (Å²) in [7, 11) is 0. The van der Waals surface area contributed by atoms with Crippen LogP contribution >= 0.6 is 0 Å². The largest absolute Gasteiger partial charge is 0.338 e. The molecular formula is C20H28N4O2. The van der Waals surface area contributed by atoms with Crippen LogP contribution in [-0.4, -0.2) is 70.3 Å². The molecule has 0 N–H and O–H groups in total. The highest BCUT2D eigenvalue weighted by Crippen LogP contribution is 2.33. The number of piperazine rings is 1. The summed E-state index contributed by atoms with van der Waals surface area (Å²) in [6.07, 6.45) is 8.60. The lowest BCUT2D eigenvalue weighted by Crippen LogP contribution is -2.57. The van der Waals surface area contributed by atoms with Crippen molar-refractivity contribution in [2.45, 2.75) is 44.7 Å². The van der Waals surface area contributed by atoms with Crippen molar-refractivity contribution in [3.63, 3.8) is 0 Å². The van der Waals surface area contributed by atoms with Crippen LogP contribution in [0.4, 0.5) is 0 Å². The zero-order valence-electron chi connectivity index (χ0n) is 15.3. The second-order valence-corrected chi connectivity index (χ2v) is 7.78. The first kappa shape index (κ1) is 17.5. The molecule has 1 saturated carbocycles. The van der Waals surface area contributed by atoms with Gasteiger partial charge in [0.25, 0.3) is 0 Å². The Morgan fingerprint density at radius 1 is 1.00 bits per heavy atom. The van der Waals surface area contributed by atoms with E-state index < -0.39 is 0 Å². The molecule has 3 fully saturated rings. The molecule has 2 saturated heterocycles. The van der Waals surface area contributed by atoms with Crippen molar-refractivity contribution < 1.29 is 9.59 Å². The molecule has 2 aliphatic heterocycles. The third kappa shape index (κ3) is 3.90. The Kier molecular flexibility index (Phi) is 5.20. The Balaban J connectivity index is 1.32. The van der Waals surface area contributed by atoms with Gasteiger partial charge in [0.05, 0.1) is 0 Å². The van der Waals surface area contributed by atoms with Crippen LogP contribution < -0.4 is 0 Å². The number of nitrogens with zero attached hydrogens (tertiary/aromatic N) is 4. The molecule has 0 radical (unpaired) electrons. The molecule has 6 nitrogen and oxygen atoms in total. The molecular weight excluding hydrogens is 328 g/mol. The highest BCUT2D eigenvalue weighted by atomic mass is 16.2. The van der Waals surface area contributed by atoms with Gasteiger partial charge in [-0.3, -0.25) is 19.5 Å². The first-order valence-electron chi connectivity index (χ1n) is 9.93. The van der Waals surface area contributed by atoms with Crippen molar-refractivity contribution >= 4 is 11.8 Å². The maximum atomic E-state index is 13.1. The summed E-state index contributed by atoms with van der Waals surface area (Å²) in [5.41, 5.74) is 1.21. The van der Waals surface area contributed by atoms with E-state index in [4.69, 9.17) is 0 Å². The van der Waals surface area contributed by atoms with Crippen molar-refractivity contribution in [3.8, 4) is 0 Å². The molecule has 3 heterocycles. The highest BCUT2D eigenvalue weighted by Gasteiger charge is 2.41. The summed E-state index contributed by atoms with van der Waals surface area (Å²) in [4.78, 5) is 36.0. The molecule has 0 spiro atoms. The van der Waals surface area contributed by atoms with Crippen molar-refractivity contribution in [3.05, 3.63) is 30.1 Å². The zero-order valence-corrected chi connectivity index (χ0v) is 15.3. The zero-order chi connectivity index (χ0) is 17.9. The predicted octanol–water partition coefficient (Wildman–Crippen LogP) is 1.52. The van der Waals surface area contributed by atoms with E-state index in [0.717, 1.165) is 71.4 Å².